The molecule has 0 saturated carbocycles. The minimum atomic E-state index is -0.793. The highest BCUT2D eigenvalue weighted by Gasteiger charge is 2.24. The second-order valence-electron chi connectivity index (χ2n) is 19.1. The summed E-state index contributed by atoms with van der Waals surface area (Å²) in [6.45, 7) is 3.94. The van der Waals surface area contributed by atoms with Gasteiger partial charge in [0.15, 0.2) is 0 Å². The second kappa shape index (κ2) is 18.9. The van der Waals surface area contributed by atoms with Crippen molar-refractivity contribution in [1.29, 1.82) is 0 Å². The Bertz CT molecular complexity index is 3750. The molecule has 0 atom stereocenters. The van der Waals surface area contributed by atoms with E-state index >= 15 is 0 Å². The third-order valence-corrected chi connectivity index (χ3v) is 13.8. The molecule has 2 nitrogen and oxygen atoms in total. The van der Waals surface area contributed by atoms with Crippen LogP contribution in [0.2, 0.25) is 0 Å². The molecule has 12 aromatic carbocycles. The Morgan fingerprint density at radius 1 is 0.237 bits per heavy atom. The maximum Gasteiger partial charge on any atom is 0.126 e. The summed E-state index contributed by atoms with van der Waals surface area (Å²) < 4.78 is 120. The lowest BCUT2D eigenvalue weighted by Gasteiger charge is -2.30. The van der Waals surface area contributed by atoms with Crippen molar-refractivity contribution in [2.24, 2.45) is 0 Å². The zero-order valence-corrected chi connectivity index (χ0v) is 40.5. The fraction of sp³-hybridized carbons (Fsp3) is 0.0303. The van der Waals surface area contributed by atoms with Gasteiger partial charge in [0.1, 0.15) is 46.5 Å². The molecule has 370 valence electrons. The van der Waals surface area contributed by atoms with Gasteiger partial charge in [0.2, 0.25) is 0 Å². The number of hydrogen-bond donors (Lipinski definition) is 0. The van der Waals surface area contributed by atoms with Crippen LogP contribution in [-0.4, -0.2) is 0 Å². The fourth-order valence-electron chi connectivity index (χ4n) is 10.4. The normalized spacial score (nSPS) is 11.6. The highest BCUT2D eigenvalue weighted by Crippen LogP contribution is 2.49. The molecule has 0 radical (unpaired) electrons. The van der Waals surface area contributed by atoms with E-state index in [-0.39, 0.29) is 22.3 Å². The van der Waals surface area contributed by atoms with Crippen molar-refractivity contribution in [3.8, 4) is 44.5 Å². The molecule has 76 heavy (non-hydrogen) atoms. The zero-order valence-electron chi connectivity index (χ0n) is 40.5. The molecule has 0 N–H and O–H groups in total. The van der Waals surface area contributed by atoms with Gasteiger partial charge in [-0.25, -0.2) is 35.1 Å². The lowest BCUT2D eigenvalue weighted by molar-refractivity contribution is 0.583. The fourth-order valence-corrected chi connectivity index (χ4v) is 10.4. The number of halogens is 8. The summed E-state index contributed by atoms with van der Waals surface area (Å²) in [5, 5.41) is 5.25. The molecule has 0 bridgehead atoms. The largest absolute Gasteiger partial charge is 0.310 e. The Balaban J connectivity index is 1.11. The van der Waals surface area contributed by atoms with Gasteiger partial charge in [0, 0.05) is 57.8 Å². The molecule has 0 aromatic heterocycles. The van der Waals surface area contributed by atoms with Crippen LogP contribution in [0, 0.1) is 60.4 Å². The van der Waals surface area contributed by atoms with Crippen molar-refractivity contribution >= 4 is 66.4 Å². The molecule has 12 rings (SSSR count). The smallest absolute Gasteiger partial charge is 0.126 e. The monoisotopic (exact) mass is 1010 g/mol. The molecule has 0 saturated heterocycles. The molecular formula is C66H40F8N2. The molecule has 10 heteroatoms. The molecular weight excluding hydrogens is 973 g/mol. The first-order chi connectivity index (χ1) is 36.7. The van der Waals surface area contributed by atoms with Crippen LogP contribution >= 0.6 is 0 Å². The summed E-state index contributed by atoms with van der Waals surface area (Å²) in [6.07, 6.45) is 0. The van der Waals surface area contributed by atoms with Crippen LogP contribution in [0.4, 0.5) is 69.2 Å². The Labute approximate surface area is 431 Å². The Morgan fingerprint density at radius 2 is 0.487 bits per heavy atom. The average molecular weight is 1010 g/mol. The highest BCUT2D eigenvalue weighted by molar-refractivity contribution is 6.28. The molecule has 0 amide bonds. The average Bonchev–Trinajstić information content (AvgIpc) is 3.54. The molecule has 0 aliphatic carbocycles. The molecule has 0 unspecified atom stereocenters. The van der Waals surface area contributed by atoms with Gasteiger partial charge in [-0.3, -0.25) is 0 Å². The quantitative estimate of drug-likeness (QED) is 0.0995. The van der Waals surface area contributed by atoms with Crippen LogP contribution < -0.4 is 9.80 Å². The molecule has 0 heterocycles. The van der Waals surface area contributed by atoms with E-state index in [4.69, 9.17) is 0 Å². The van der Waals surface area contributed by atoms with E-state index in [0.29, 0.717) is 45.0 Å². The van der Waals surface area contributed by atoms with Crippen molar-refractivity contribution in [3.63, 3.8) is 0 Å². The second-order valence-corrected chi connectivity index (χ2v) is 19.1. The maximum atomic E-state index is 15.0. The molecule has 12 aromatic rings. The van der Waals surface area contributed by atoms with E-state index in [1.54, 1.807) is 36.4 Å². The third kappa shape index (κ3) is 9.02. The molecule has 0 fully saturated rings. The van der Waals surface area contributed by atoms with Gasteiger partial charge in [-0.05, 0) is 201 Å². The number of anilines is 6. The van der Waals surface area contributed by atoms with E-state index in [1.165, 1.54) is 48.5 Å². The van der Waals surface area contributed by atoms with Crippen LogP contribution in [0.15, 0.2) is 206 Å². The maximum absolute atomic E-state index is 15.0. The highest BCUT2D eigenvalue weighted by atomic mass is 19.2. The van der Waals surface area contributed by atoms with Gasteiger partial charge >= 0.3 is 0 Å². The van der Waals surface area contributed by atoms with E-state index < -0.39 is 46.5 Å². The summed E-state index contributed by atoms with van der Waals surface area (Å²) in [5.74, 6) is -6.35. The molecule has 0 aliphatic rings. The van der Waals surface area contributed by atoms with E-state index in [0.717, 1.165) is 79.1 Å². The van der Waals surface area contributed by atoms with E-state index in [1.807, 2.05) is 121 Å². The van der Waals surface area contributed by atoms with Gasteiger partial charge in [-0.1, -0.05) is 71.8 Å². The Hall–Kier alpha value is -9.28. The number of rotatable bonds is 10. The van der Waals surface area contributed by atoms with Gasteiger partial charge in [0.25, 0.3) is 0 Å². The summed E-state index contributed by atoms with van der Waals surface area (Å²) in [7, 11) is 0. The van der Waals surface area contributed by atoms with Crippen molar-refractivity contribution in [1.82, 2.24) is 0 Å². The van der Waals surface area contributed by atoms with E-state index in [2.05, 4.69) is 0 Å². The van der Waals surface area contributed by atoms with Gasteiger partial charge in [0.05, 0.1) is 11.4 Å². The van der Waals surface area contributed by atoms with Crippen LogP contribution in [0.3, 0.4) is 0 Å². The zero-order chi connectivity index (χ0) is 52.5. The standard InChI is InChI=1S/C66H40F8N2/c1-37-3-11-57(12-4-37)75(59-29-41(45-21-49(67)33-50(68)22-45)19-42(30-59)46-23-51(69)34-52(70)24-46)63-17-9-39-8-16-62-64(18-10-40-7-15-61(63)65(39)66(40)62)76(58-13-5-38(2)6-14-58)60-31-43(47-25-53(71)35-54(72)26-47)20-44(32-60)48-27-55(73)36-56(74)28-48/h3-36H,1-2H3. The minimum absolute atomic E-state index is 0.214. The first-order valence-corrected chi connectivity index (χ1v) is 24.3. The Kier molecular flexibility index (Phi) is 11.9. The molecule has 0 aliphatic heterocycles. The number of nitrogens with zero attached hydrogens (tertiary/aromatic N) is 2. The summed E-state index contributed by atoms with van der Waals surface area (Å²) >= 11 is 0. The predicted octanol–water partition coefficient (Wildman–Crippen LogP) is 19.9. The first kappa shape index (κ1) is 47.7. The van der Waals surface area contributed by atoms with Crippen molar-refractivity contribution in [3.05, 3.63) is 264 Å². The number of benzene rings is 12. The first-order valence-electron chi connectivity index (χ1n) is 24.3. The topological polar surface area (TPSA) is 6.48 Å². The van der Waals surface area contributed by atoms with Crippen LogP contribution in [0.25, 0.3) is 76.8 Å². The van der Waals surface area contributed by atoms with Gasteiger partial charge in [-0.15, -0.1) is 0 Å². The summed E-state index contributed by atoms with van der Waals surface area (Å²) in [6, 6.07) is 55.1. The number of hydrogen-bond acceptors (Lipinski definition) is 2. The van der Waals surface area contributed by atoms with E-state index in [9.17, 15) is 35.1 Å². The van der Waals surface area contributed by atoms with Gasteiger partial charge in [-0.2, -0.15) is 0 Å². The third-order valence-electron chi connectivity index (χ3n) is 13.8. The van der Waals surface area contributed by atoms with Gasteiger partial charge < -0.3 is 9.80 Å². The predicted molar refractivity (Wildman–Crippen MR) is 290 cm³/mol. The lowest BCUT2D eigenvalue weighted by Crippen LogP contribution is -2.12. The van der Waals surface area contributed by atoms with Crippen LogP contribution in [0.5, 0.6) is 0 Å². The summed E-state index contributed by atoms with van der Waals surface area (Å²) in [5.41, 5.74) is 8.34. The van der Waals surface area contributed by atoms with Crippen LogP contribution in [-0.2, 0) is 0 Å². The van der Waals surface area contributed by atoms with Crippen LogP contribution in [0.1, 0.15) is 11.1 Å². The van der Waals surface area contributed by atoms with Crippen molar-refractivity contribution in [2.75, 3.05) is 9.80 Å². The number of aryl methyl sites for hydroxylation is 2. The SMILES string of the molecule is Cc1ccc(N(c2cc(-c3cc(F)cc(F)c3)cc(-c3cc(F)cc(F)c3)c2)c2ccc3ccc4c(N(c5ccc(C)cc5)c5cc(-c6cc(F)cc(F)c6)cc(-c6cc(F)cc(F)c6)c5)ccc5ccc2c3c54)cc1. The van der Waals surface area contributed by atoms with Crippen molar-refractivity contribution in [2.45, 2.75) is 13.8 Å². The minimum Gasteiger partial charge on any atom is -0.310 e. The molecule has 0 spiro atoms. The summed E-state index contributed by atoms with van der Waals surface area (Å²) in [4.78, 5) is 4.03. The van der Waals surface area contributed by atoms with Crippen molar-refractivity contribution < 1.29 is 35.1 Å². The Morgan fingerprint density at radius 3 is 0.763 bits per heavy atom. The lowest BCUT2D eigenvalue weighted by atomic mass is 9.91.